The van der Waals surface area contributed by atoms with Gasteiger partial charge in [0.15, 0.2) is 0 Å². The van der Waals surface area contributed by atoms with E-state index in [2.05, 4.69) is 44.6 Å². The number of aromatic nitrogens is 2. The molecule has 0 amide bonds. The first-order valence-corrected chi connectivity index (χ1v) is 6.76. The quantitative estimate of drug-likeness (QED) is 0.782. The first kappa shape index (κ1) is 11.8. The highest BCUT2D eigenvalue weighted by atomic mass is 79.9. The molecule has 1 saturated heterocycles. The third-order valence-corrected chi connectivity index (χ3v) is 3.56. The first-order valence-electron chi connectivity index (χ1n) is 5.97. The predicted molar refractivity (Wildman–Crippen MR) is 69.7 cm³/mol. The molecule has 3 nitrogen and oxygen atoms in total. The average molecular weight is 284 g/mol. The van der Waals surface area contributed by atoms with Crippen LogP contribution in [-0.4, -0.2) is 23.1 Å². The third-order valence-electron chi connectivity index (χ3n) is 3.15. The van der Waals surface area contributed by atoms with Crippen molar-refractivity contribution < 1.29 is 0 Å². The predicted octanol–water partition coefficient (Wildman–Crippen LogP) is 3.04. The van der Waals surface area contributed by atoms with Gasteiger partial charge in [-0.25, -0.2) is 9.97 Å². The van der Waals surface area contributed by atoms with E-state index in [0.29, 0.717) is 0 Å². The molecule has 88 valence electrons. The molecule has 1 aliphatic heterocycles. The second-order valence-corrected chi connectivity index (χ2v) is 5.30. The zero-order valence-electron chi connectivity index (χ0n) is 9.91. The number of piperidine rings is 1. The molecule has 0 aromatic carbocycles. The van der Waals surface area contributed by atoms with Gasteiger partial charge in [0.1, 0.15) is 16.2 Å². The van der Waals surface area contributed by atoms with Crippen LogP contribution < -0.4 is 4.90 Å². The molecule has 16 heavy (non-hydrogen) atoms. The molecule has 2 heterocycles. The lowest BCUT2D eigenvalue weighted by molar-refractivity contribution is 0.436. The molecule has 0 aliphatic carbocycles. The number of hydrogen-bond donors (Lipinski definition) is 0. The van der Waals surface area contributed by atoms with Crippen LogP contribution in [0.15, 0.2) is 10.7 Å². The second kappa shape index (κ2) is 5.13. The van der Waals surface area contributed by atoms with Gasteiger partial charge in [-0.3, -0.25) is 0 Å². The summed E-state index contributed by atoms with van der Waals surface area (Å²) in [4.78, 5) is 11.3. The monoisotopic (exact) mass is 283 g/mol. The van der Waals surface area contributed by atoms with Crippen LogP contribution in [0.3, 0.4) is 0 Å². The lowest BCUT2D eigenvalue weighted by Crippen LogP contribution is -2.33. The van der Waals surface area contributed by atoms with Gasteiger partial charge in [-0.2, -0.15) is 0 Å². The molecule has 0 saturated carbocycles. The van der Waals surface area contributed by atoms with Crippen molar-refractivity contribution in [3.63, 3.8) is 0 Å². The van der Waals surface area contributed by atoms with Crippen molar-refractivity contribution in [1.29, 1.82) is 0 Å². The van der Waals surface area contributed by atoms with Gasteiger partial charge in [0.2, 0.25) is 0 Å². The molecule has 0 N–H and O–H groups in total. The maximum absolute atomic E-state index is 4.59. The van der Waals surface area contributed by atoms with Gasteiger partial charge in [-0.15, -0.1) is 0 Å². The molecule has 0 bridgehead atoms. The minimum Gasteiger partial charge on any atom is -0.356 e. The Bertz CT molecular complexity index is 359. The van der Waals surface area contributed by atoms with Crippen molar-refractivity contribution in [2.24, 2.45) is 5.92 Å². The molecule has 1 aliphatic rings. The Hall–Kier alpha value is -0.640. The fourth-order valence-corrected chi connectivity index (χ4v) is 2.42. The fourth-order valence-electron chi connectivity index (χ4n) is 2.01. The van der Waals surface area contributed by atoms with Gasteiger partial charge in [0, 0.05) is 25.6 Å². The Labute approximate surface area is 105 Å². The summed E-state index contributed by atoms with van der Waals surface area (Å²) in [6, 6.07) is 2.02. The number of anilines is 1. The van der Waals surface area contributed by atoms with Gasteiger partial charge in [0.25, 0.3) is 0 Å². The summed E-state index contributed by atoms with van der Waals surface area (Å²) in [6.45, 7) is 6.65. The zero-order valence-corrected chi connectivity index (χ0v) is 11.5. The largest absolute Gasteiger partial charge is 0.356 e. The van der Waals surface area contributed by atoms with Gasteiger partial charge < -0.3 is 4.90 Å². The van der Waals surface area contributed by atoms with Crippen molar-refractivity contribution in [3.8, 4) is 0 Å². The topological polar surface area (TPSA) is 29.0 Å². The zero-order chi connectivity index (χ0) is 11.5. The van der Waals surface area contributed by atoms with Crippen LogP contribution in [-0.2, 0) is 6.42 Å². The summed E-state index contributed by atoms with van der Waals surface area (Å²) >= 11 is 3.45. The van der Waals surface area contributed by atoms with Crippen LogP contribution in [0.2, 0.25) is 0 Å². The highest BCUT2D eigenvalue weighted by Crippen LogP contribution is 2.23. The smallest absolute Gasteiger partial charge is 0.133 e. The van der Waals surface area contributed by atoms with E-state index >= 15 is 0 Å². The highest BCUT2D eigenvalue weighted by molar-refractivity contribution is 9.10. The third kappa shape index (κ3) is 2.73. The van der Waals surface area contributed by atoms with Crippen molar-refractivity contribution in [3.05, 3.63) is 16.5 Å². The number of hydrogen-bond acceptors (Lipinski definition) is 3. The molecular weight excluding hydrogens is 266 g/mol. The van der Waals surface area contributed by atoms with Gasteiger partial charge in [-0.1, -0.05) is 13.8 Å². The molecule has 1 aromatic rings. The fraction of sp³-hybridized carbons (Fsp3) is 0.667. The van der Waals surface area contributed by atoms with E-state index in [4.69, 9.17) is 0 Å². The Balaban J connectivity index is 2.16. The Morgan fingerprint density at radius 2 is 2.06 bits per heavy atom. The summed E-state index contributed by atoms with van der Waals surface area (Å²) in [5, 5.41) is 0. The van der Waals surface area contributed by atoms with Gasteiger partial charge >= 0.3 is 0 Å². The summed E-state index contributed by atoms with van der Waals surface area (Å²) in [7, 11) is 0. The summed E-state index contributed by atoms with van der Waals surface area (Å²) in [5.41, 5.74) is 0. The number of nitrogens with zero attached hydrogens (tertiary/aromatic N) is 3. The molecule has 1 aromatic heterocycles. The van der Waals surface area contributed by atoms with Gasteiger partial charge in [-0.05, 0) is 34.7 Å². The maximum Gasteiger partial charge on any atom is 0.133 e. The SMILES string of the molecule is CCc1nc(Br)cc(N2CCC(C)CC2)n1. The standard InChI is InChI=1S/C12H18BrN3/c1-3-11-14-10(13)8-12(15-11)16-6-4-9(2)5-7-16/h8-9H,3-7H2,1-2H3. The number of aryl methyl sites for hydroxylation is 1. The van der Waals surface area contributed by atoms with Crippen LogP contribution in [0.5, 0.6) is 0 Å². The minimum absolute atomic E-state index is 0.854. The minimum atomic E-state index is 0.854. The average Bonchev–Trinajstić information content (AvgIpc) is 2.29. The van der Waals surface area contributed by atoms with E-state index in [1.165, 1.54) is 12.8 Å². The molecule has 0 radical (unpaired) electrons. The van der Waals surface area contributed by atoms with Crippen LogP contribution in [0.25, 0.3) is 0 Å². The Morgan fingerprint density at radius 3 is 2.69 bits per heavy atom. The van der Waals surface area contributed by atoms with Crippen LogP contribution in [0.4, 0.5) is 5.82 Å². The molecule has 0 spiro atoms. The second-order valence-electron chi connectivity index (χ2n) is 4.49. The molecule has 1 fully saturated rings. The van der Waals surface area contributed by atoms with Crippen molar-refractivity contribution in [2.75, 3.05) is 18.0 Å². The van der Waals surface area contributed by atoms with Gasteiger partial charge in [0.05, 0.1) is 0 Å². The molecular formula is C12H18BrN3. The van der Waals surface area contributed by atoms with Crippen LogP contribution in [0.1, 0.15) is 32.5 Å². The molecule has 4 heteroatoms. The normalized spacial score (nSPS) is 17.8. The van der Waals surface area contributed by atoms with Crippen LogP contribution in [0, 0.1) is 5.92 Å². The lowest BCUT2D eigenvalue weighted by atomic mass is 9.99. The number of halogens is 1. The summed E-state index contributed by atoms with van der Waals surface area (Å²) in [6.07, 6.45) is 3.42. The summed E-state index contributed by atoms with van der Waals surface area (Å²) < 4.78 is 0.896. The van der Waals surface area contributed by atoms with E-state index in [-0.39, 0.29) is 0 Å². The lowest BCUT2D eigenvalue weighted by Gasteiger charge is -2.31. The van der Waals surface area contributed by atoms with Crippen LogP contribution >= 0.6 is 15.9 Å². The highest BCUT2D eigenvalue weighted by Gasteiger charge is 2.17. The first-order chi connectivity index (χ1) is 7.69. The van der Waals surface area contributed by atoms with Crippen molar-refractivity contribution >= 4 is 21.7 Å². The Kier molecular flexibility index (Phi) is 3.79. The van der Waals surface area contributed by atoms with E-state index in [9.17, 15) is 0 Å². The van der Waals surface area contributed by atoms with E-state index in [1.54, 1.807) is 0 Å². The van der Waals surface area contributed by atoms with E-state index in [1.807, 2.05) is 6.07 Å². The Morgan fingerprint density at radius 1 is 1.38 bits per heavy atom. The molecule has 0 atom stereocenters. The van der Waals surface area contributed by atoms with E-state index < -0.39 is 0 Å². The maximum atomic E-state index is 4.59. The number of rotatable bonds is 2. The van der Waals surface area contributed by atoms with E-state index in [0.717, 1.165) is 41.7 Å². The molecule has 2 rings (SSSR count). The van der Waals surface area contributed by atoms with Crippen molar-refractivity contribution in [2.45, 2.75) is 33.1 Å². The van der Waals surface area contributed by atoms with Crippen molar-refractivity contribution in [1.82, 2.24) is 9.97 Å². The summed E-state index contributed by atoms with van der Waals surface area (Å²) in [5.74, 6) is 2.85. The molecule has 0 unspecified atom stereocenters.